The molecule has 5 nitrogen and oxygen atoms in total. The molecule has 1 N–H and O–H groups in total. The van der Waals surface area contributed by atoms with Crippen molar-refractivity contribution in [2.75, 3.05) is 32.8 Å². The zero-order chi connectivity index (χ0) is 17.8. The van der Waals surface area contributed by atoms with Gasteiger partial charge in [0.2, 0.25) is 5.91 Å². The Morgan fingerprint density at radius 3 is 2.92 bits per heavy atom. The Morgan fingerprint density at radius 1 is 1.27 bits per heavy atom. The third kappa shape index (κ3) is 4.64. The Bertz CT molecular complexity index is 605. The maximum Gasteiger partial charge on any atom is 0.223 e. The lowest BCUT2D eigenvalue weighted by Gasteiger charge is -2.38. The van der Waals surface area contributed by atoms with Crippen molar-refractivity contribution in [2.45, 2.75) is 50.4 Å². The van der Waals surface area contributed by atoms with E-state index in [-0.39, 0.29) is 23.5 Å². The quantitative estimate of drug-likeness (QED) is 0.760. The molecule has 142 valence electrons. The summed E-state index contributed by atoms with van der Waals surface area (Å²) < 4.78 is 12.0. The molecule has 1 spiro atoms. The molecule has 2 saturated heterocycles. The van der Waals surface area contributed by atoms with Gasteiger partial charge < -0.3 is 14.8 Å². The van der Waals surface area contributed by atoms with Gasteiger partial charge in [-0.15, -0.1) is 0 Å². The number of carbonyl (C=O) groups excluding carboxylic acids is 1. The van der Waals surface area contributed by atoms with Crippen LogP contribution in [0.25, 0.3) is 0 Å². The number of likely N-dealkylation sites (tertiary alicyclic amines) is 1. The van der Waals surface area contributed by atoms with Crippen molar-refractivity contribution in [3.63, 3.8) is 0 Å². The Labute approximate surface area is 156 Å². The minimum absolute atomic E-state index is 0.0703. The molecule has 0 radical (unpaired) electrons. The summed E-state index contributed by atoms with van der Waals surface area (Å²) in [6.07, 6.45) is 5.09. The zero-order valence-electron chi connectivity index (χ0n) is 15.5. The van der Waals surface area contributed by atoms with Crippen molar-refractivity contribution in [2.24, 2.45) is 5.92 Å². The van der Waals surface area contributed by atoms with Crippen molar-refractivity contribution in [3.05, 3.63) is 35.9 Å². The number of ether oxygens (including phenoxy) is 2. The molecule has 0 bridgehead atoms. The SMILES string of the molecule is O=C(N[C@H]1CCO[C@]2(CCN(CCOCc3ccccc3)C2)C1)C1CC1. The molecule has 2 atom stereocenters. The topological polar surface area (TPSA) is 50.8 Å². The van der Waals surface area contributed by atoms with Gasteiger partial charge in [-0.2, -0.15) is 0 Å². The number of nitrogens with one attached hydrogen (secondary N) is 1. The second-order valence-electron chi connectivity index (χ2n) is 8.07. The predicted molar refractivity (Wildman–Crippen MR) is 99.7 cm³/mol. The second kappa shape index (κ2) is 8.07. The number of nitrogens with zero attached hydrogens (tertiary/aromatic N) is 1. The van der Waals surface area contributed by atoms with E-state index in [1.807, 2.05) is 18.2 Å². The van der Waals surface area contributed by atoms with Crippen LogP contribution < -0.4 is 5.32 Å². The number of carbonyl (C=O) groups is 1. The van der Waals surface area contributed by atoms with Gasteiger partial charge in [-0.25, -0.2) is 0 Å². The Balaban J connectivity index is 1.19. The van der Waals surface area contributed by atoms with Gasteiger partial charge >= 0.3 is 0 Å². The molecule has 0 aromatic heterocycles. The first-order chi connectivity index (χ1) is 12.7. The Kier molecular flexibility index (Phi) is 5.57. The van der Waals surface area contributed by atoms with Gasteiger partial charge in [0, 0.05) is 38.2 Å². The first-order valence-electron chi connectivity index (χ1n) is 10.0. The summed E-state index contributed by atoms with van der Waals surface area (Å²) in [5.41, 5.74) is 1.15. The molecule has 0 unspecified atom stereocenters. The number of rotatable bonds is 7. The summed E-state index contributed by atoms with van der Waals surface area (Å²) in [6.45, 7) is 5.12. The normalized spacial score (nSPS) is 29.2. The second-order valence-corrected chi connectivity index (χ2v) is 8.07. The van der Waals surface area contributed by atoms with Crippen LogP contribution in [0.4, 0.5) is 0 Å². The van der Waals surface area contributed by atoms with E-state index in [9.17, 15) is 4.79 Å². The highest BCUT2D eigenvalue weighted by molar-refractivity contribution is 5.81. The smallest absolute Gasteiger partial charge is 0.223 e. The molecule has 26 heavy (non-hydrogen) atoms. The van der Waals surface area contributed by atoms with Crippen molar-refractivity contribution in [1.82, 2.24) is 10.2 Å². The van der Waals surface area contributed by atoms with Crippen LogP contribution in [0.5, 0.6) is 0 Å². The summed E-state index contributed by atoms with van der Waals surface area (Å²) in [4.78, 5) is 14.5. The van der Waals surface area contributed by atoms with Crippen LogP contribution >= 0.6 is 0 Å². The molecule has 1 aromatic carbocycles. The van der Waals surface area contributed by atoms with E-state index in [1.54, 1.807) is 0 Å². The van der Waals surface area contributed by atoms with E-state index in [4.69, 9.17) is 9.47 Å². The molecule has 1 saturated carbocycles. The van der Waals surface area contributed by atoms with Gasteiger partial charge in [0.05, 0.1) is 18.8 Å². The lowest BCUT2D eigenvalue weighted by molar-refractivity contribution is -0.126. The molecule has 2 heterocycles. The average Bonchev–Trinajstić information content (AvgIpc) is 3.44. The minimum Gasteiger partial charge on any atom is -0.375 e. The summed E-state index contributed by atoms with van der Waals surface area (Å²) in [5.74, 6) is 0.548. The fourth-order valence-corrected chi connectivity index (χ4v) is 4.18. The number of benzene rings is 1. The molecule has 1 aromatic rings. The van der Waals surface area contributed by atoms with Gasteiger partial charge in [0.1, 0.15) is 0 Å². The number of hydrogen-bond donors (Lipinski definition) is 1. The standard InChI is InChI=1S/C21H30N2O3/c24-20(18-6-7-18)22-19-8-12-26-21(14-19)9-10-23(16-21)11-13-25-15-17-4-2-1-3-5-17/h1-5,18-19H,6-16H2,(H,22,24)/t19-,21+/m0/s1. The fraction of sp³-hybridized carbons (Fsp3) is 0.667. The number of hydrogen-bond acceptors (Lipinski definition) is 4. The molecule has 4 rings (SSSR count). The maximum atomic E-state index is 12.1. The van der Waals surface area contributed by atoms with Crippen LogP contribution in [0, 0.1) is 5.92 Å². The number of amides is 1. The predicted octanol–water partition coefficient (Wildman–Crippen LogP) is 2.35. The van der Waals surface area contributed by atoms with Crippen LogP contribution in [0.2, 0.25) is 0 Å². The van der Waals surface area contributed by atoms with E-state index < -0.39 is 0 Å². The van der Waals surface area contributed by atoms with Gasteiger partial charge in [0.25, 0.3) is 0 Å². The van der Waals surface area contributed by atoms with E-state index in [0.29, 0.717) is 6.61 Å². The average molecular weight is 358 g/mol. The van der Waals surface area contributed by atoms with Crippen LogP contribution in [0.3, 0.4) is 0 Å². The molecule has 5 heteroatoms. The Hall–Kier alpha value is -1.43. The third-order valence-electron chi connectivity index (χ3n) is 5.85. The van der Waals surface area contributed by atoms with E-state index >= 15 is 0 Å². The van der Waals surface area contributed by atoms with Crippen molar-refractivity contribution >= 4 is 5.91 Å². The van der Waals surface area contributed by atoms with Gasteiger partial charge in [-0.05, 0) is 37.7 Å². The largest absolute Gasteiger partial charge is 0.375 e. The lowest BCUT2D eigenvalue weighted by Crippen LogP contribution is -2.50. The summed E-state index contributed by atoms with van der Waals surface area (Å²) in [5, 5.41) is 3.26. The van der Waals surface area contributed by atoms with E-state index in [0.717, 1.165) is 65.0 Å². The van der Waals surface area contributed by atoms with Crippen LogP contribution in [0.1, 0.15) is 37.7 Å². The van der Waals surface area contributed by atoms with Crippen molar-refractivity contribution < 1.29 is 14.3 Å². The molecule has 2 aliphatic heterocycles. The van der Waals surface area contributed by atoms with Crippen molar-refractivity contribution in [3.8, 4) is 0 Å². The first kappa shape index (κ1) is 18.0. The molecule has 3 fully saturated rings. The van der Waals surface area contributed by atoms with E-state index in [2.05, 4.69) is 22.3 Å². The van der Waals surface area contributed by atoms with Crippen LogP contribution in [-0.2, 0) is 20.9 Å². The molecular formula is C21H30N2O3. The highest BCUT2D eigenvalue weighted by Gasteiger charge is 2.44. The highest BCUT2D eigenvalue weighted by atomic mass is 16.5. The van der Waals surface area contributed by atoms with Gasteiger partial charge in [-0.1, -0.05) is 30.3 Å². The maximum absolute atomic E-state index is 12.1. The molecule has 3 aliphatic rings. The Morgan fingerprint density at radius 2 is 2.12 bits per heavy atom. The first-order valence-corrected chi connectivity index (χ1v) is 10.0. The van der Waals surface area contributed by atoms with Crippen LogP contribution in [-0.4, -0.2) is 55.3 Å². The van der Waals surface area contributed by atoms with E-state index in [1.165, 1.54) is 5.56 Å². The third-order valence-corrected chi connectivity index (χ3v) is 5.85. The molecular weight excluding hydrogens is 328 g/mol. The molecule has 1 amide bonds. The molecule has 1 aliphatic carbocycles. The fourth-order valence-electron chi connectivity index (χ4n) is 4.18. The summed E-state index contributed by atoms with van der Waals surface area (Å²) in [7, 11) is 0. The summed E-state index contributed by atoms with van der Waals surface area (Å²) in [6, 6.07) is 10.6. The summed E-state index contributed by atoms with van der Waals surface area (Å²) >= 11 is 0. The monoisotopic (exact) mass is 358 g/mol. The van der Waals surface area contributed by atoms with Crippen LogP contribution in [0.15, 0.2) is 30.3 Å². The lowest BCUT2D eigenvalue weighted by atomic mass is 9.89. The van der Waals surface area contributed by atoms with Gasteiger partial charge in [-0.3, -0.25) is 9.69 Å². The highest BCUT2D eigenvalue weighted by Crippen LogP contribution is 2.35. The minimum atomic E-state index is -0.0703. The van der Waals surface area contributed by atoms with Gasteiger partial charge in [0.15, 0.2) is 0 Å². The zero-order valence-corrected chi connectivity index (χ0v) is 15.5. The van der Waals surface area contributed by atoms with Crippen molar-refractivity contribution in [1.29, 1.82) is 0 Å².